The molecule has 0 aromatic heterocycles. The fourth-order valence-electron chi connectivity index (χ4n) is 2.24. The number of methoxy groups -OCH3 is 1. The molecule has 0 unspecified atom stereocenters. The van der Waals surface area contributed by atoms with Crippen molar-refractivity contribution in [2.75, 3.05) is 33.3 Å². The zero-order valence-corrected chi connectivity index (χ0v) is 8.66. The van der Waals surface area contributed by atoms with Crippen LogP contribution in [0.2, 0.25) is 0 Å². The highest BCUT2D eigenvalue weighted by Crippen LogP contribution is 2.18. The minimum Gasteiger partial charge on any atom is -0.380 e. The summed E-state index contributed by atoms with van der Waals surface area (Å²) >= 11 is 0. The highest BCUT2D eigenvalue weighted by molar-refractivity contribution is 5.79. The molecule has 14 heavy (non-hydrogen) atoms. The summed E-state index contributed by atoms with van der Waals surface area (Å²) in [6, 6.07) is 0. The van der Waals surface area contributed by atoms with Gasteiger partial charge in [0.1, 0.15) is 0 Å². The van der Waals surface area contributed by atoms with Gasteiger partial charge in [0.15, 0.2) is 0 Å². The molecule has 2 aliphatic heterocycles. The molecule has 0 radical (unpaired) electrons. The van der Waals surface area contributed by atoms with Crippen molar-refractivity contribution in [3.63, 3.8) is 0 Å². The van der Waals surface area contributed by atoms with Gasteiger partial charge in [-0.05, 0) is 19.4 Å². The maximum absolute atomic E-state index is 11.9. The van der Waals surface area contributed by atoms with Crippen LogP contribution in [-0.4, -0.2) is 50.2 Å². The lowest BCUT2D eigenvalue weighted by atomic mass is 10.1. The predicted octanol–water partition coefficient (Wildman–Crippen LogP) is -0.157. The van der Waals surface area contributed by atoms with Gasteiger partial charge in [-0.15, -0.1) is 0 Å². The molecule has 2 atom stereocenters. The van der Waals surface area contributed by atoms with Gasteiger partial charge in [-0.3, -0.25) is 4.79 Å². The zero-order chi connectivity index (χ0) is 9.97. The van der Waals surface area contributed by atoms with Gasteiger partial charge in [0.25, 0.3) is 0 Å². The standard InChI is InChI=1S/C10H18N2O2/c1-14-9-3-5-12(7-9)10(13)8-2-4-11-6-8/h8-9,11H,2-7H2,1H3/t8-,9-/m0/s1. The third-order valence-corrected chi connectivity index (χ3v) is 3.20. The van der Waals surface area contributed by atoms with Crippen LogP contribution < -0.4 is 5.32 Å². The number of hydrogen-bond donors (Lipinski definition) is 1. The Morgan fingerprint density at radius 3 is 2.93 bits per heavy atom. The lowest BCUT2D eigenvalue weighted by Gasteiger charge is -2.19. The molecule has 0 aromatic rings. The van der Waals surface area contributed by atoms with E-state index in [4.69, 9.17) is 4.74 Å². The van der Waals surface area contributed by atoms with Gasteiger partial charge in [-0.25, -0.2) is 0 Å². The molecule has 0 saturated carbocycles. The first-order valence-corrected chi connectivity index (χ1v) is 5.33. The Morgan fingerprint density at radius 2 is 2.36 bits per heavy atom. The number of carbonyl (C=O) groups is 1. The fraction of sp³-hybridized carbons (Fsp3) is 0.900. The predicted molar refractivity (Wildman–Crippen MR) is 53.0 cm³/mol. The van der Waals surface area contributed by atoms with E-state index in [0.29, 0.717) is 5.91 Å². The Hall–Kier alpha value is -0.610. The van der Waals surface area contributed by atoms with E-state index in [-0.39, 0.29) is 12.0 Å². The largest absolute Gasteiger partial charge is 0.380 e. The van der Waals surface area contributed by atoms with Crippen molar-refractivity contribution < 1.29 is 9.53 Å². The second kappa shape index (κ2) is 4.28. The van der Waals surface area contributed by atoms with Crippen LogP contribution in [-0.2, 0) is 9.53 Å². The number of carbonyl (C=O) groups excluding carboxylic acids is 1. The molecular weight excluding hydrogens is 180 g/mol. The van der Waals surface area contributed by atoms with E-state index in [9.17, 15) is 4.79 Å². The average Bonchev–Trinajstić information content (AvgIpc) is 2.88. The SMILES string of the molecule is CO[C@H]1CCN(C(=O)[C@H]2CCNC2)C1. The molecular formula is C10H18N2O2. The van der Waals surface area contributed by atoms with Gasteiger partial charge in [0.05, 0.1) is 12.0 Å². The number of hydrogen-bond acceptors (Lipinski definition) is 3. The number of ether oxygens (including phenoxy) is 1. The molecule has 0 bridgehead atoms. The van der Waals surface area contributed by atoms with Gasteiger partial charge in [-0.2, -0.15) is 0 Å². The van der Waals surface area contributed by atoms with Gasteiger partial charge >= 0.3 is 0 Å². The Kier molecular flexibility index (Phi) is 3.03. The van der Waals surface area contributed by atoms with Crippen LogP contribution >= 0.6 is 0 Å². The minimum absolute atomic E-state index is 0.214. The normalized spacial score (nSPS) is 32.5. The van der Waals surface area contributed by atoms with Crippen molar-refractivity contribution in [3.8, 4) is 0 Å². The van der Waals surface area contributed by atoms with Crippen molar-refractivity contribution >= 4 is 5.91 Å². The smallest absolute Gasteiger partial charge is 0.227 e. The summed E-state index contributed by atoms with van der Waals surface area (Å²) < 4.78 is 5.24. The van der Waals surface area contributed by atoms with E-state index in [1.165, 1.54) is 0 Å². The van der Waals surface area contributed by atoms with E-state index < -0.39 is 0 Å². The van der Waals surface area contributed by atoms with Crippen molar-refractivity contribution in [2.45, 2.75) is 18.9 Å². The summed E-state index contributed by atoms with van der Waals surface area (Å²) in [6.07, 6.45) is 2.24. The number of likely N-dealkylation sites (tertiary alicyclic amines) is 1. The first kappa shape index (κ1) is 9.93. The maximum Gasteiger partial charge on any atom is 0.227 e. The van der Waals surface area contributed by atoms with Crippen LogP contribution in [0, 0.1) is 5.92 Å². The Balaban J connectivity index is 1.86. The van der Waals surface area contributed by atoms with Gasteiger partial charge in [-0.1, -0.05) is 0 Å². The third-order valence-electron chi connectivity index (χ3n) is 3.20. The van der Waals surface area contributed by atoms with Crippen molar-refractivity contribution in [2.24, 2.45) is 5.92 Å². The van der Waals surface area contributed by atoms with Gasteiger partial charge in [0.2, 0.25) is 5.91 Å². The van der Waals surface area contributed by atoms with Crippen molar-refractivity contribution in [1.82, 2.24) is 10.2 Å². The lowest BCUT2D eigenvalue weighted by molar-refractivity contribution is -0.134. The molecule has 80 valence electrons. The summed E-state index contributed by atoms with van der Waals surface area (Å²) in [5.41, 5.74) is 0. The first-order valence-electron chi connectivity index (χ1n) is 5.33. The molecule has 1 amide bonds. The van der Waals surface area contributed by atoms with E-state index in [2.05, 4.69) is 5.32 Å². The summed E-state index contributed by atoms with van der Waals surface area (Å²) in [5, 5.41) is 3.22. The second-order valence-corrected chi connectivity index (χ2v) is 4.12. The van der Waals surface area contributed by atoms with Crippen LogP contribution in [0.4, 0.5) is 0 Å². The van der Waals surface area contributed by atoms with E-state index in [0.717, 1.165) is 39.0 Å². The van der Waals surface area contributed by atoms with E-state index >= 15 is 0 Å². The van der Waals surface area contributed by atoms with Crippen LogP contribution in [0.5, 0.6) is 0 Å². The highest BCUT2D eigenvalue weighted by Gasteiger charge is 2.31. The molecule has 2 aliphatic rings. The quantitative estimate of drug-likeness (QED) is 0.670. The Labute approximate surface area is 84.6 Å². The Bertz CT molecular complexity index is 214. The number of nitrogens with zero attached hydrogens (tertiary/aromatic N) is 1. The average molecular weight is 198 g/mol. The van der Waals surface area contributed by atoms with Crippen molar-refractivity contribution in [3.05, 3.63) is 0 Å². The molecule has 2 rings (SSSR count). The summed E-state index contributed by atoms with van der Waals surface area (Å²) in [6.45, 7) is 3.49. The molecule has 0 aliphatic carbocycles. The molecule has 0 spiro atoms. The number of rotatable bonds is 2. The molecule has 4 heteroatoms. The molecule has 4 nitrogen and oxygen atoms in total. The summed E-state index contributed by atoms with van der Waals surface area (Å²) in [4.78, 5) is 13.9. The topological polar surface area (TPSA) is 41.6 Å². The zero-order valence-electron chi connectivity index (χ0n) is 8.66. The Morgan fingerprint density at radius 1 is 1.50 bits per heavy atom. The van der Waals surface area contributed by atoms with Crippen molar-refractivity contribution in [1.29, 1.82) is 0 Å². The van der Waals surface area contributed by atoms with Gasteiger partial charge in [0, 0.05) is 26.7 Å². The number of nitrogens with one attached hydrogen (secondary N) is 1. The second-order valence-electron chi connectivity index (χ2n) is 4.12. The number of amides is 1. The van der Waals surface area contributed by atoms with E-state index in [1.54, 1.807) is 7.11 Å². The van der Waals surface area contributed by atoms with Crippen LogP contribution in [0.3, 0.4) is 0 Å². The maximum atomic E-state index is 11.9. The molecule has 2 heterocycles. The van der Waals surface area contributed by atoms with Crippen LogP contribution in [0.25, 0.3) is 0 Å². The van der Waals surface area contributed by atoms with Crippen LogP contribution in [0.1, 0.15) is 12.8 Å². The monoisotopic (exact) mass is 198 g/mol. The molecule has 2 fully saturated rings. The first-order chi connectivity index (χ1) is 6.81. The summed E-state index contributed by atoms with van der Waals surface area (Å²) in [7, 11) is 1.72. The molecule has 1 N–H and O–H groups in total. The molecule has 0 aromatic carbocycles. The lowest BCUT2D eigenvalue weighted by Crippen LogP contribution is -2.36. The van der Waals surface area contributed by atoms with E-state index in [1.807, 2.05) is 4.90 Å². The molecule has 2 saturated heterocycles. The van der Waals surface area contributed by atoms with Crippen LogP contribution in [0.15, 0.2) is 0 Å². The minimum atomic E-state index is 0.214. The highest BCUT2D eigenvalue weighted by atomic mass is 16.5. The third kappa shape index (κ3) is 1.91. The summed E-state index contributed by atoms with van der Waals surface area (Å²) in [5.74, 6) is 0.528. The van der Waals surface area contributed by atoms with Gasteiger partial charge < -0.3 is 15.0 Å². The fourth-order valence-corrected chi connectivity index (χ4v) is 2.24.